The lowest BCUT2D eigenvalue weighted by Crippen LogP contribution is -2.64. The van der Waals surface area contributed by atoms with Crippen LogP contribution in [0, 0.1) is 0 Å². The van der Waals surface area contributed by atoms with Crippen LogP contribution in [0.5, 0.6) is 0 Å². The van der Waals surface area contributed by atoms with Crippen molar-refractivity contribution < 1.29 is 42.1 Å². The Hall–Kier alpha value is -1.77. The summed E-state index contributed by atoms with van der Waals surface area (Å²) < 4.78 is 47.1. The van der Waals surface area contributed by atoms with E-state index in [1.54, 1.807) is 0 Å². The van der Waals surface area contributed by atoms with Crippen molar-refractivity contribution in [1.29, 1.82) is 0 Å². The molecule has 0 bridgehead atoms. The Bertz CT molecular complexity index is 437. The van der Waals surface area contributed by atoms with Gasteiger partial charge in [-0.25, -0.2) is 0 Å². The zero-order chi connectivity index (χ0) is 16.4. The van der Waals surface area contributed by atoms with E-state index < -0.39 is 48.4 Å². The van der Waals surface area contributed by atoms with Crippen molar-refractivity contribution in [3.05, 3.63) is 0 Å². The second-order valence-electron chi connectivity index (χ2n) is 4.56. The maximum Gasteiger partial charge on any atom is 0.348 e. The van der Waals surface area contributed by atoms with Crippen LogP contribution < -0.4 is 0 Å². The van der Waals surface area contributed by atoms with E-state index in [1.807, 2.05) is 0 Å². The molecule has 120 valence electrons. The Kier molecular flexibility index (Phi) is 5.21. The third kappa shape index (κ3) is 4.10. The van der Waals surface area contributed by atoms with Crippen LogP contribution in [0.4, 0.5) is 8.78 Å². The quantitative estimate of drug-likeness (QED) is 0.562. The van der Waals surface area contributed by atoms with Gasteiger partial charge in [0.15, 0.2) is 6.10 Å². The van der Waals surface area contributed by atoms with Crippen LogP contribution in [0.15, 0.2) is 0 Å². The van der Waals surface area contributed by atoms with Gasteiger partial charge in [-0.1, -0.05) is 0 Å². The van der Waals surface area contributed by atoms with Gasteiger partial charge < -0.3 is 18.9 Å². The van der Waals surface area contributed by atoms with E-state index >= 15 is 0 Å². The van der Waals surface area contributed by atoms with Crippen LogP contribution in [0.2, 0.25) is 0 Å². The molecule has 0 spiro atoms. The van der Waals surface area contributed by atoms with Crippen LogP contribution in [-0.2, 0) is 33.3 Å². The zero-order valence-corrected chi connectivity index (χ0v) is 11.9. The lowest BCUT2D eigenvalue weighted by Gasteiger charge is -2.43. The van der Waals surface area contributed by atoms with Gasteiger partial charge in [0, 0.05) is 20.8 Å². The molecule has 1 fully saturated rings. The standard InChI is InChI=1S/C12H16F2O7/c1-5-9(19-6(2)15)10(20-7(3)16)12(13,14)11(18-5)21-8(4)17/h5,9-11H,1-4H3/t5-,9+,10+,11+/m0/s1. The van der Waals surface area contributed by atoms with E-state index in [1.165, 1.54) is 6.92 Å². The van der Waals surface area contributed by atoms with E-state index in [-0.39, 0.29) is 0 Å². The number of rotatable bonds is 3. The fraction of sp³-hybridized carbons (Fsp3) is 0.750. The highest BCUT2D eigenvalue weighted by atomic mass is 19.3. The maximum absolute atomic E-state index is 14.3. The van der Waals surface area contributed by atoms with Crippen molar-refractivity contribution in [2.45, 2.75) is 58.2 Å². The molecule has 1 heterocycles. The number of hydrogen-bond acceptors (Lipinski definition) is 7. The van der Waals surface area contributed by atoms with Gasteiger partial charge in [-0.3, -0.25) is 14.4 Å². The summed E-state index contributed by atoms with van der Waals surface area (Å²) in [7, 11) is 0. The highest BCUT2D eigenvalue weighted by Crippen LogP contribution is 2.38. The van der Waals surface area contributed by atoms with Crippen LogP contribution in [-0.4, -0.2) is 48.4 Å². The molecule has 0 aliphatic carbocycles. The molecular weight excluding hydrogens is 294 g/mol. The average Bonchev–Trinajstić information content (AvgIpc) is 2.29. The first-order chi connectivity index (χ1) is 9.55. The first-order valence-electron chi connectivity index (χ1n) is 6.10. The summed E-state index contributed by atoms with van der Waals surface area (Å²) in [5.41, 5.74) is 0. The smallest absolute Gasteiger partial charge is 0.348 e. The van der Waals surface area contributed by atoms with E-state index in [2.05, 4.69) is 9.47 Å². The summed E-state index contributed by atoms with van der Waals surface area (Å²) in [6.45, 7) is 4.22. The summed E-state index contributed by atoms with van der Waals surface area (Å²) >= 11 is 0. The SMILES string of the molecule is CC(=O)O[C@@H]1[C@H](C)O[C@H](OC(C)=O)C(F)(F)[C@@H]1OC(C)=O. The molecular formula is C12H16F2O7. The summed E-state index contributed by atoms with van der Waals surface area (Å²) in [6, 6.07) is 0. The molecule has 0 amide bonds. The maximum atomic E-state index is 14.3. The molecule has 7 nitrogen and oxygen atoms in total. The highest BCUT2D eigenvalue weighted by molar-refractivity contribution is 5.68. The Labute approximate surface area is 119 Å². The molecule has 0 aromatic heterocycles. The Morgan fingerprint density at radius 2 is 1.43 bits per heavy atom. The molecule has 21 heavy (non-hydrogen) atoms. The number of esters is 3. The lowest BCUT2D eigenvalue weighted by molar-refractivity contribution is -0.344. The van der Waals surface area contributed by atoms with Gasteiger partial charge in [-0.05, 0) is 6.92 Å². The third-order valence-electron chi connectivity index (χ3n) is 2.66. The minimum absolute atomic E-state index is 0.839. The monoisotopic (exact) mass is 310 g/mol. The van der Waals surface area contributed by atoms with Crippen LogP contribution in [0.3, 0.4) is 0 Å². The second kappa shape index (κ2) is 6.33. The van der Waals surface area contributed by atoms with E-state index in [0.29, 0.717) is 0 Å². The van der Waals surface area contributed by atoms with Gasteiger partial charge in [-0.15, -0.1) is 0 Å². The number of carbonyl (C=O) groups excluding carboxylic acids is 3. The van der Waals surface area contributed by atoms with Crippen LogP contribution >= 0.6 is 0 Å². The first kappa shape index (κ1) is 17.3. The largest absolute Gasteiger partial charge is 0.456 e. The first-order valence-corrected chi connectivity index (χ1v) is 6.10. The van der Waals surface area contributed by atoms with Gasteiger partial charge in [0.25, 0.3) is 6.29 Å². The predicted molar refractivity (Wildman–Crippen MR) is 62.2 cm³/mol. The fourth-order valence-corrected chi connectivity index (χ4v) is 1.89. The third-order valence-corrected chi connectivity index (χ3v) is 2.66. The van der Waals surface area contributed by atoms with E-state index in [9.17, 15) is 23.2 Å². The number of carbonyl (C=O) groups is 3. The molecule has 0 aromatic carbocycles. The minimum atomic E-state index is -3.87. The Balaban J connectivity index is 3.10. The summed E-state index contributed by atoms with van der Waals surface area (Å²) in [5.74, 6) is -6.69. The number of halogens is 2. The highest BCUT2D eigenvalue weighted by Gasteiger charge is 2.62. The topological polar surface area (TPSA) is 88.1 Å². The molecule has 0 radical (unpaired) electrons. The molecule has 1 aliphatic heterocycles. The van der Waals surface area contributed by atoms with Gasteiger partial charge in [0.1, 0.15) is 6.10 Å². The lowest BCUT2D eigenvalue weighted by atomic mass is 9.98. The molecule has 0 N–H and O–H groups in total. The molecule has 4 atom stereocenters. The van der Waals surface area contributed by atoms with Gasteiger partial charge >= 0.3 is 23.8 Å². The van der Waals surface area contributed by atoms with Crippen LogP contribution in [0.25, 0.3) is 0 Å². The van der Waals surface area contributed by atoms with E-state index in [0.717, 1.165) is 20.8 Å². The zero-order valence-electron chi connectivity index (χ0n) is 11.9. The molecule has 1 rings (SSSR count). The normalized spacial score (nSPS) is 31.1. The van der Waals surface area contributed by atoms with Gasteiger partial charge in [0.05, 0.1) is 0 Å². The molecule has 0 saturated carbocycles. The van der Waals surface area contributed by atoms with Crippen molar-refractivity contribution in [3.63, 3.8) is 0 Å². The van der Waals surface area contributed by atoms with E-state index in [4.69, 9.17) is 9.47 Å². The molecule has 9 heteroatoms. The molecule has 1 aliphatic rings. The van der Waals surface area contributed by atoms with Crippen molar-refractivity contribution in [2.24, 2.45) is 0 Å². The fourth-order valence-electron chi connectivity index (χ4n) is 1.89. The molecule has 0 unspecified atom stereocenters. The Morgan fingerprint density at radius 1 is 0.952 bits per heavy atom. The van der Waals surface area contributed by atoms with Crippen molar-refractivity contribution in [2.75, 3.05) is 0 Å². The van der Waals surface area contributed by atoms with Gasteiger partial charge in [-0.2, -0.15) is 8.78 Å². The Morgan fingerprint density at radius 3 is 1.86 bits per heavy atom. The van der Waals surface area contributed by atoms with Crippen molar-refractivity contribution >= 4 is 17.9 Å². The second-order valence-corrected chi connectivity index (χ2v) is 4.56. The number of alkyl halides is 2. The number of ether oxygens (including phenoxy) is 4. The minimum Gasteiger partial charge on any atom is -0.456 e. The van der Waals surface area contributed by atoms with Gasteiger partial charge in [0.2, 0.25) is 6.10 Å². The summed E-state index contributed by atoms with van der Waals surface area (Å²) in [4.78, 5) is 32.9. The predicted octanol–water partition coefficient (Wildman–Crippen LogP) is 0.793. The summed E-state index contributed by atoms with van der Waals surface area (Å²) in [5, 5.41) is 0. The van der Waals surface area contributed by atoms with Crippen LogP contribution in [0.1, 0.15) is 27.7 Å². The molecule has 1 saturated heterocycles. The average molecular weight is 310 g/mol. The molecule has 0 aromatic rings. The van der Waals surface area contributed by atoms with Crippen molar-refractivity contribution in [3.8, 4) is 0 Å². The van der Waals surface area contributed by atoms with Crippen molar-refractivity contribution in [1.82, 2.24) is 0 Å². The summed E-state index contributed by atoms with van der Waals surface area (Å²) in [6.07, 6.45) is -6.94. The number of hydrogen-bond donors (Lipinski definition) is 0.